The zero-order valence-corrected chi connectivity index (χ0v) is 7.33. The summed E-state index contributed by atoms with van der Waals surface area (Å²) in [4.78, 5) is 11.0. The molecular weight excluding hydrogens is 184 g/mol. The largest absolute Gasteiger partial charge is 0.496 e. The topological polar surface area (TPSA) is 55.8 Å². The third-order valence-corrected chi connectivity index (χ3v) is 1.78. The fraction of sp³-hybridized carbons (Fsp3) is 0.300. The number of ether oxygens (including phenoxy) is 2. The van der Waals surface area contributed by atoms with E-state index in [4.69, 9.17) is 13.3 Å². The van der Waals surface area contributed by atoms with Crippen LogP contribution in [0.25, 0.3) is 0 Å². The second kappa shape index (κ2) is 4.00. The van der Waals surface area contributed by atoms with Crippen molar-refractivity contribution in [2.45, 2.75) is 6.92 Å². The standard InChI is InChI=1S/C10H12O4/c1-6-8(13-2)4-7(10(11)12)5-9(6)14-3/h4-5H,1-3H3,(H,11,12)/i2D3,3D3. The molecule has 1 N–H and O–H groups in total. The van der Waals surface area contributed by atoms with Crippen molar-refractivity contribution in [1.29, 1.82) is 0 Å². The first-order valence-electron chi connectivity index (χ1n) is 6.65. The Morgan fingerprint density at radius 1 is 1.36 bits per heavy atom. The smallest absolute Gasteiger partial charge is 0.335 e. The molecule has 1 rings (SSSR count). The Hall–Kier alpha value is -1.71. The molecule has 1 aromatic rings. The Labute approximate surface area is 90.5 Å². The minimum Gasteiger partial charge on any atom is -0.496 e. The van der Waals surface area contributed by atoms with Gasteiger partial charge in [-0.2, -0.15) is 0 Å². The van der Waals surface area contributed by atoms with Crippen molar-refractivity contribution in [3.63, 3.8) is 0 Å². The first-order valence-corrected chi connectivity index (χ1v) is 3.65. The van der Waals surface area contributed by atoms with Gasteiger partial charge in [-0.1, -0.05) is 0 Å². The predicted molar refractivity (Wildman–Crippen MR) is 51.2 cm³/mol. The van der Waals surface area contributed by atoms with E-state index in [1.807, 2.05) is 0 Å². The zero-order valence-electron chi connectivity index (χ0n) is 13.3. The molecule has 0 aromatic heterocycles. The Morgan fingerprint density at radius 3 is 2.21 bits per heavy atom. The maximum absolute atomic E-state index is 11.0. The molecule has 0 atom stereocenters. The molecule has 0 bridgehead atoms. The molecule has 4 nitrogen and oxygen atoms in total. The van der Waals surface area contributed by atoms with Crippen LogP contribution in [0.1, 0.15) is 24.1 Å². The molecule has 4 heteroatoms. The van der Waals surface area contributed by atoms with E-state index in [0.717, 1.165) is 12.1 Å². The van der Waals surface area contributed by atoms with Gasteiger partial charge in [-0.15, -0.1) is 0 Å². The predicted octanol–water partition coefficient (Wildman–Crippen LogP) is 1.71. The van der Waals surface area contributed by atoms with Gasteiger partial charge in [0, 0.05) is 5.56 Å². The summed E-state index contributed by atoms with van der Waals surface area (Å²) in [6.45, 7) is 1.37. The average Bonchev–Trinajstić information content (AvgIpc) is 2.19. The summed E-state index contributed by atoms with van der Waals surface area (Å²) in [5, 5.41) is 8.93. The van der Waals surface area contributed by atoms with Crippen LogP contribution in [0.5, 0.6) is 11.5 Å². The van der Waals surface area contributed by atoms with Crippen LogP contribution in [-0.4, -0.2) is 25.2 Å². The molecule has 0 aliphatic rings. The first kappa shape index (κ1) is 4.68. The molecule has 0 amide bonds. The van der Waals surface area contributed by atoms with Crippen LogP contribution < -0.4 is 9.47 Å². The van der Waals surface area contributed by atoms with Crippen molar-refractivity contribution in [3.8, 4) is 11.5 Å². The highest BCUT2D eigenvalue weighted by Gasteiger charge is 2.11. The average molecular weight is 202 g/mol. The van der Waals surface area contributed by atoms with Crippen molar-refractivity contribution in [1.82, 2.24) is 0 Å². The van der Waals surface area contributed by atoms with Gasteiger partial charge in [-0.25, -0.2) is 4.79 Å². The van der Waals surface area contributed by atoms with E-state index < -0.39 is 20.0 Å². The van der Waals surface area contributed by atoms with Gasteiger partial charge in [-0.3, -0.25) is 0 Å². The van der Waals surface area contributed by atoms with E-state index in [2.05, 4.69) is 9.47 Å². The third kappa shape index (κ3) is 1.79. The summed E-state index contributed by atoms with van der Waals surface area (Å²) in [6, 6.07) is 1.99. The van der Waals surface area contributed by atoms with E-state index in [-0.39, 0.29) is 22.6 Å². The zero-order chi connectivity index (χ0) is 15.7. The van der Waals surface area contributed by atoms with E-state index in [1.54, 1.807) is 0 Å². The number of carboxylic acid groups (broad SMARTS) is 1. The second-order valence-corrected chi connectivity index (χ2v) is 2.61. The summed E-state index contributed by atoms with van der Waals surface area (Å²) in [5.74, 6) is -1.91. The van der Waals surface area contributed by atoms with Crippen LogP contribution in [0.2, 0.25) is 0 Å². The lowest BCUT2D eigenvalue weighted by Crippen LogP contribution is -2.00. The Morgan fingerprint density at radius 2 is 1.86 bits per heavy atom. The molecule has 0 unspecified atom stereocenters. The van der Waals surface area contributed by atoms with Crippen LogP contribution >= 0.6 is 0 Å². The molecule has 0 radical (unpaired) electrons. The van der Waals surface area contributed by atoms with Gasteiger partial charge < -0.3 is 14.6 Å². The highest BCUT2D eigenvalue weighted by molar-refractivity contribution is 5.89. The lowest BCUT2D eigenvalue weighted by Gasteiger charge is -2.10. The third-order valence-electron chi connectivity index (χ3n) is 1.78. The molecule has 0 saturated heterocycles. The van der Waals surface area contributed by atoms with E-state index in [1.165, 1.54) is 6.92 Å². The van der Waals surface area contributed by atoms with E-state index >= 15 is 0 Å². The molecular formula is C10H12O4. The quantitative estimate of drug-likeness (QED) is 0.810. The number of hydrogen-bond acceptors (Lipinski definition) is 3. The van der Waals surface area contributed by atoms with Gasteiger partial charge in [0.05, 0.1) is 27.9 Å². The maximum Gasteiger partial charge on any atom is 0.335 e. The van der Waals surface area contributed by atoms with Crippen LogP contribution in [0.15, 0.2) is 12.1 Å². The van der Waals surface area contributed by atoms with Crippen LogP contribution in [0, 0.1) is 6.92 Å². The Bertz CT molecular complexity index is 482. The van der Waals surface area contributed by atoms with E-state index in [9.17, 15) is 4.79 Å². The number of benzene rings is 1. The van der Waals surface area contributed by atoms with Gasteiger partial charge in [-0.05, 0) is 19.1 Å². The summed E-state index contributed by atoms with van der Waals surface area (Å²) in [5.41, 5.74) is -0.253. The number of hydrogen-bond donors (Lipinski definition) is 1. The molecule has 0 fully saturated rings. The molecule has 0 heterocycles. The van der Waals surface area contributed by atoms with Crippen molar-refractivity contribution < 1.29 is 27.6 Å². The minimum absolute atomic E-state index is 0.0854. The lowest BCUT2D eigenvalue weighted by molar-refractivity contribution is 0.0696. The summed E-state index contributed by atoms with van der Waals surface area (Å²) in [6.07, 6.45) is 0. The molecule has 0 aliphatic heterocycles. The number of carbonyl (C=O) groups is 1. The number of aromatic carboxylic acids is 1. The highest BCUT2D eigenvalue weighted by Crippen LogP contribution is 2.29. The molecule has 1 aromatic carbocycles. The first-order chi connectivity index (χ1) is 8.89. The monoisotopic (exact) mass is 202 g/mol. The minimum atomic E-state index is -2.79. The second-order valence-electron chi connectivity index (χ2n) is 2.61. The number of methoxy groups -OCH3 is 2. The van der Waals surface area contributed by atoms with E-state index in [0.29, 0.717) is 0 Å². The van der Waals surface area contributed by atoms with Crippen molar-refractivity contribution >= 4 is 5.97 Å². The van der Waals surface area contributed by atoms with Crippen molar-refractivity contribution in [2.24, 2.45) is 0 Å². The lowest BCUT2D eigenvalue weighted by atomic mass is 10.1. The molecule has 14 heavy (non-hydrogen) atoms. The molecule has 0 aliphatic carbocycles. The van der Waals surface area contributed by atoms with Crippen molar-refractivity contribution in [2.75, 3.05) is 14.1 Å². The number of carboxylic acids is 1. The van der Waals surface area contributed by atoms with Gasteiger partial charge in [0.2, 0.25) is 0 Å². The Kier molecular flexibility index (Phi) is 1.34. The summed E-state index contributed by atoms with van der Waals surface area (Å²) >= 11 is 0. The van der Waals surface area contributed by atoms with Gasteiger partial charge in [0.1, 0.15) is 11.5 Å². The maximum atomic E-state index is 11.0. The SMILES string of the molecule is [2H]C([2H])([2H])Oc1cc(C(=O)O)cc(OC([2H])([2H])[2H])c1C. The van der Waals surface area contributed by atoms with Crippen LogP contribution in [0.4, 0.5) is 0 Å². The fourth-order valence-electron chi connectivity index (χ4n) is 0.998. The summed E-state index contributed by atoms with van der Waals surface area (Å²) in [7, 11) is -5.59. The molecule has 0 saturated carbocycles. The summed E-state index contributed by atoms with van der Waals surface area (Å²) < 4.78 is 51.3. The molecule has 76 valence electrons. The normalized spacial score (nSPS) is 17.8. The Balaban J connectivity index is 3.33. The van der Waals surface area contributed by atoms with Gasteiger partial charge >= 0.3 is 5.97 Å². The highest BCUT2D eigenvalue weighted by atomic mass is 16.5. The van der Waals surface area contributed by atoms with Crippen LogP contribution in [0.3, 0.4) is 0 Å². The number of rotatable bonds is 3. The van der Waals surface area contributed by atoms with Crippen molar-refractivity contribution in [3.05, 3.63) is 23.3 Å². The molecule has 0 spiro atoms. The van der Waals surface area contributed by atoms with Crippen LogP contribution in [-0.2, 0) is 0 Å². The fourth-order valence-corrected chi connectivity index (χ4v) is 0.998. The van der Waals surface area contributed by atoms with Gasteiger partial charge in [0.15, 0.2) is 0 Å². The van der Waals surface area contributed by atoms with Gasteiger partial charge in [0.25, 0.3) is 0 Å².